The highest BCUT2D eigenvalue weighted by atomic mass is 16.5. The van der Waals surface area contributed by atoms with E-state index in [4.69, 9.17) is 14.2 Å². The molecule has 7 heteroatoms. The Bertz CT molecular complexity index is 976. The van der Waals surface area contributed by atoms with Crippen LogP contribution in [-0.4, -0.2) is 56.2 Å². The van der Waals surface area contributed by atoms with Crippen molar-refractivity contribution in [3.05, 3.63) is 59.8 Å². The average Bonchev–Trinajstić information content (AvgIpc) is 3.06. The summed E-state index contributed by atoms with van der Waals surface area (Å²) in [6, 6.07) is 14.3. The molecule has 162 valence electrons. The summed E-state index contributed by atoms with van der Waals surface area (Å²) in [4.78, 5) is 30.2. The number of carbonyl (C=O) groups excluding carboxylic acids is 2. The first-order chi connectivity index (χ1) is 15.1. The van der Waals surface area contributed by atoms with Crippen molar-refractivity contribution in [1.29, 1.82) is 0 Å². The van der Waals surface area contributed by atoms with Crippen molar-refractivity contribution in [3.8, 4) is 11.5 Å². The van der Waals surface area contributed by atoms with E-state index in [0.29, 0.717) is 67.8 Å². The van der Waals surface area contributed by atoms with Gasteiger partial charge in [0, 0.05) is 13.1 Å². The lowest BCUT2D eigenvalue weighted by molar-refractivity contribution is -0.121. The Morgan fingerprint density at radius 1 is 0.806 bits per heavy atom. The number of nitrogens with zero attached hydrogens (tertiary/aromatic N) is 2. The molecule has 1 fully saturated rings. The third-order valence-corrected chi connectivity index (χ3v) is 5.25. The molecule has 7 nitrogen and oxygen atoms in total. The lowest BCUT2D eigenvalue weighted by Crippen LogP contribution is -2.40. The zero-order valence-corrected chi connectivity index (χ0v) is 17.8. The van der Waals surface area contributed by atoms with E-state index in [1.54, 1.807) is 24.3 Å². The molecule has 0 radical (unpaired) electrons. The Labute approximate surface area is 181 Å². The minimum Gasteiger partial charge on any atom is -0.494 e. The van der Waals surface area contributed by atoms with Gasteiger partial charge in [-0.25, -0.2) is 4.90 Å². The van der Waals surface area contributed by atoms with Gasteiger partial charge < -0.3 is 19.1 Å². The third-order valence-electron chi connectivity index (χ3n) is 5.25. The van der Waals surface area contributed by atoms with Gasteiger partial charge in [0.05, 0.1) is 37.7 Å². The van der Waals surface area contributed by atoms with Crippen LogP contribution in [0.3, 0.4) is 0 Å². The molecule has 0 atom stereocenters. The van der Waals surface area contributed by atoms with E-state index in [1.165, 1.54) is 4.90 Å². The van der Waals surface area contributed by atoms with Crippen LogP contribution in [0.4, 0.5) is 5.69 Å². The van der Waals surface area contributed by atoms with Crippen molar-refractivity contribution >= 4 is 23.1 Å². The zero-order valence-electron chi connectivity index (χ0n) is 17.8. The van der Waals surface area contributed by atoms with Gasteiger partial charge in [-0.3, -0.25) is 9.59 Å². The standard InChI is InChI=1S/C24H26N2O5/c1-3-30-19-9-5-17(6-10-19)21-22(25-13-15-29-16-14-25)24(28)26(23(21)27)18-7-11-20(12-8-18)31-4-2/h5-12H,3-4,13-16H2,1-2H3. The van der Waals surface area contributed by atoms with Crippen molar-refractivity contribution < 1.29 is 23.8 Å². The van der Waals surface area contributed by atoms with Crippen LogP contribution < -0.4 is 14.4 Å². The molecule has 1 saturated heterocycles. The second-order valence-electron chi connectivity index (χ2n) is 7.15. The first kappa shape index (κ1) is 20.9. The number of hydrogen-bond donors (Lipinski definition) is 0. The van der Waals surface area contributed by atoms with Gasteiger partial charge in [0.15, 0.2) is 0 Å². The minimum absolute atomic E-state index is 0.319. The smallest absolute Gasteiger partial charge is 0.282 e. The quantitative estimate of drug-likeness (QED) is 0.639. The van der Waals surface area contributed by atoms with E-state index in [-0.39, 0.29) is 11.8 Å². The highest BCUT2D eigenvalue weighted by Gasteiger charge is 2.42. The lowest BCUT2D eigenvalue weighted by Gasteiger charge is -2.29. The Hall–Kier alpha value is -3.32. The summed E-state index contributed by atoms with van der Waals surface area (Å²) in [6.45, 7) is 7.09. The summed E-state index contributed by atoms with van der Waals surface area (Å²) in [5, 5.41) is 0. The van der Waals surface area contributed by atoms with Crippen LogP contribution in [0.5, 0.6) is 11.5 Å². The summed E-state index contributed by atoms with van der Waals surface area (Å²) in [5.41, 5.74) is 2.04. The van der Waals surface area contributed by atoms with Gasteiger partial charge in [-0.15, -0.1) is 0 Å². The van der Waals surface area contributed by atoms with Gasteiger partial charge in [0.25, 0.3) is 11.8 Å². The molecule has 0 saturated carbocycles. The van der Waals surface area contributed by atoms with Crippen molar-refractivity contribution in [2.45, 2.75) is 13.8 Å². The molecule has 0 bridgehead atoms. The summed E-state index contributed by atoms with van der Waals surface area (Å²) in [6.07, 6.45) is 0. The second kappa shape index (κ2) is 9.22. The first-order valence-electron chi connectivity index (χ1n) is 10.6. The van der Waals surface area contributed by atoms with Crippen LogP contribution in [0.2, 0.25) is 0 Å². The molecule has 0 spiro atoms. The molecule has 31 heavy (non-hydrogen) atoms. The molecule has 2 heterocycles. The lowest BCUT2D eigenvalue weighted by atomic mass is 10.0. The number of anilines is 1. The maximum atomic E-state index is 13.5. The molecular weight excluding hydrogens is 396 g/mol. The molecule has 4 rings (SSSR count). The van der Waals surface area contributed by atoms with E-state index < -0.39 is 0 Å². The van der Waals surface area contributed by atoms with Crippen LogP contribution in [0.15, 0.2) is 54.2 Å². The third kappa shape index (κ3) is 4.14. The average molecular weight is 422 g/mol. The maximum absolute atomic E-state index is 13.5. The number of imide groups is 1. The molecule has 2 aliphatic heterocycles. The Morgan fingerprint density at radius 2 is 1.35 bits per heavy atom. The number of ether oxygens (including phenoxy) is 3. The number of rotatable bonds is 7. The highest BCUT2D eigenvalue weighted by molar-refractivity contribution is 6.45. The van der Waals surface area contributed by atoms with Gasteiger partial charge in [0.2, 0.25) is 0 Å². The van der Waals surface area contributed by atoms with Gasteiger partial charge in [-0.05, 0) is 55.8 Å². The Kier molecular flexibility index (Phi) is 6.23. The van der Waals surface area contributed by atoms with E-state index in [2.05, 4.69) is 0 Å². The molecule has 2 aromatic carbocycles. The summed E-state index contributed by atoms with van der Waals surface area (Å²) < 4.78 is 16.4. The van der Waals surface area contributed by atoms with Crippen molar-refractivity contribution in [1.82, 2.24) is 4.90 Å². The van der Waals surface area contributed by atoms with Crippen LogP contribution >= 0.6 is 0 Å². The van der Waals surface area contributed by atoms with Gasteiger partial charge in [-0.1, -0.05) is 12.1 Å². The number of benzene rings is 2. The molecule has 0 unspecified atom stereocenters. The van der Waals surface area contributed by atoms with Crippen LogP contribution in [0.25, 0.3) is 5.57 Å². The number of morpholine rings is 1. The van der Waals surface area contributed by atoms with Gasteiger partial charge >= 0.3 is 0 Å². The predicted molar refractivity (Wildman–Crippen MR) is 117 cm³/mol. The van der Waals surface area contributed by atoms with Gasteiger partial charge in [0.1, 0.15) is 17.2 Å². The predicted octanol–water partition coefficient (Wildman–Crippen LogP) is 3.10. The molecule has 2 aliphatic rings. The molecule has 0 aliphatic carbocycles. The van der Waals surface area contributed by atoms with E-state index in [0.717, 1.165) is 5.75 Å². The number of amides is 2. The molecule has 2 amide bonds. The number of hydrogen-bond acceptors (Lipinski definition) is 6. The van der Waals surface area contributed by atoms with Crippen LogP contribution in [0.1, 0.15) is 19.4 Å². The fourth-order valence-electron chi connectivity index (χ4n) is 3.84. The van der Waals surface area contributed by atoms with Crippen LogP contribution in [0, 0.1) is 0 Å². The topological polar surface area (TPSA) is 68.3 Å². The minimum atomic E-state index is -0.334. The molecular formula is C24H26N2O5. The maximum Gasteiger partial charge on any atom is 0.282 e. The monoisotopic (exact) mass is 422 g/mol. The van der Waals surface area contributed by atoms with Crippen molar-refractivity contribution in [2.24, 2.45) is 0 Å². The zero-order chi connectivity index (χ0) is 21.8. The van der Waals surface area contributed by atoms with E-state index in [1.807, 2.05) is 43.0 Å². The second-order valence-corrected chi connectivity index (χ2v) is 7.15. The molecule has 2 aromatic rings. The largest absolute Gasteiger partial charge is 0.494 e. The fourth-order valence-corrected chi connectivity index (χ4v) is 3.84. The molecule has 0 aromatic heterocycles. The summed E-state index contributed by atoms with van der Waals surface area (Å²) in [7, 11) is 0. The van der Waals surface area contributed by atoms with E-state index >= 15 is 0 Å². The van der Waals surface area contributed by atoms with Crippen molar-refractivity contribution in [3.63, 3.8) is 0 Å². The number of carbonyl (C=O) groups is 2. The Balaban J connectivity index is 1.73. The summed E-state index contributed by atoms with van der Waals surface area (Å²) in [5.74, 6) is 0.762. The fraction of sp³-hybridized carbons (Fsp3) is 0.333. The SMILES string of the molecule is CCOc1ccc(C2=C(N3CCOCC3)C(=O)N(c3ccc(OCC)cc3)C2=O)cc1. The summed E-state index contributed by atoms with van der Waals surface area (Å²) >= 11 is 0. The van der Waals surface area contributed by atoms with E-state index in [9.17, 15) is 9.59 Å². The normalized spacial score (nSPS) is 16.8. The van der Waals surface area contributed by atoms with Crippen molar-refractivity contribution in [2.75, 3.05) is 44.4 Å². The van der Waals surface area contributed by atoms with Crippen LogP contribution in [-0.2, 0) is 14.3 Å². The highest BCUT2D eigenvalue weighted by Crippen LogP contribution is 2.36. The van der Waals surface area contributed by atoms with Gasteiger partial charge in [-0.2, -0.15) is 0 Å². The Morgan fingerprint density at radius 3 is 1.90 bits per heavy atom. The first-order valence-corrected chi connectivity index (χ1v) is 10.6. The molecule has 0 N–H and O–H groups in total.